The average molecular weight is 549 g/mol. The van der Waals surface area contributed by atoms with Crippen molar-refractivity contribution in [1.29, 1.82) is 0 Å². The second-order valence-corrected chi connectivity index (χ2v) is 11.4. The van der Waals surface area contributed by atoms with E-state index in [-0.39, 0.29) is 17.9 Å². The van der Waals surface area contributed by atoms with Gasteiger partial charge in [-0.2, -0.15) is 4.98 Å². The summed E-state index contributed by atoms with van der Waals surface area (Å²) in [4.78, 5) is 45.3. The van der Waals surface area contributed by atoms with Gasteiger partial charge in [-0.05, 0) is 50.7 Å². The molecule has 11 heteroatoms. The Labute approximate surface area is 235 Å². The number of amides is 2. The van der Waals surface area contributed by atoms with E-state index in [2.05, 4.69) is 25.4 Å². The van der Waals surface area contributed by atoms with Crippen LogP contribution in [0.1, 0.15) is 50.5 Å². The zero-order valence-electron chi connectivity index (χ0n) is 23.1. The molecular formula is C29H40N8O3. The third-order valence-corrected chi connectivity index (χ3v) is 8.90. The van der Waals surface area contributed by atoms with Crippen LogP contribution in [0.5, 0.6) is 0 Å². The highest BCUT2D eigenvalue weighted by molar-refractivity contribution is 5.82. The Morgan fingerprint density at radius 2 is 1.82 bits per heavy atom. The summed E-state index contributed by atoms with van der Waals surface area (Å²) in [5, 5.41) is 6.18. The first kappa shape index (κ1) is 26.9. The Morgan fingerprint density at radius 1 is 1.02 bits per heavy atom. The number of nitrogens with zero attached hydrogens (tertiary/aromatic N) is 6. The number of carbonyl (C=O) groups excluding carboxylic acids is 2. The maximum atomic E-state index is 12.3. The zero-order chi connectivity index (χ0) is 27.3. The van der Waals surface area contributed by atoms with E-state index in [9.17, 15) is 9.59 Å². The first-order valence-corrected chi connectivity index (χ1v) is 14.8. The number of ether oxygens (including phenoxy) is 1. The summed E-state index contributed by atoms with van der Waals surface area (Å²) in [6.07, 6.45) is 12.2. The number of hydrogen-bond donors (Lipinski definition) is 2. The Bertz CT molecular complexity index is 1160. The second-order valence-electron chi connectivity index (χ2n) is 11.4. The Balaban J connectivity index is 1.13. The fraction of sp³-hybridized carbons (Fsp3) is 0.621. The molecule has 2 N–H and O–H groups in total. The molecule has 6 rings (SSSR count). The van der Waals surface area contributed by atoms with Crippen LogP contribution in [0.3, 0.4) is 0 Å². The van der Waals surface area contributed by atoms with E-state index in [1.165, 1.54) is 0 Å². The van der Waals surface area contributed by atoms with Crippen LogP contribution in [0.2, 0.25) is 0 Å². The molecule has 0 aromatic carbocycles. The van der Waals surface area contributed by atoms with Crippen LogP contribution in [-0.4, -0.2) is 90.2 Å². The van der Waals surface area contributed by atoms with Crippen molar-refractivity contribution in [3.63, 3.8) is 0 Å². The third-order valence-electron chi connectivity index (χ3n) is 8.90. The number of carbonyl (C=O) groups is 2. The predicted octanol–water partition coefficient (Wildman–Crippen LogP) is 2.50. The molecule has 3 saturated heterocycles. The lowest BCUT2D eigenvalue weighted by Crippen LogP contribution is -2.49. The Hall–Kier alpha value is -3.31. The lowest BCUT2D eigenvalue weighted by Gasteiger charge is -2.40. The summed E-state index contributed by atoms with van der Waals surface area (Å²) >= 11 is 0. The normalized spacial score (nSPS) is 22.9. The van der Waals surface area contributed by atoms with Gasteiger partial charge in [-0.25, -0.2) is 9.97 Å². The molecule has 2 aromatic heterocycles. The zero-order valence-corrected chi connectivity index (χ0v) is 23.1. The molecule has 5 heterocycles. The van der Waals surface area contributed by atoms with Gasteiger partial charge in [-0.1, -0.05) is 12.8 Å². The molecule has 3 aliphatic heterocycles. The molecule has 0 radical (unpaired) electrons. The molecule has 0 unspecified atom stereocenters. The molecule has 1 saturated carbocycles. The van der Waals surface area contributed by atoms with Gasteiger partial charge < -0.3 is 20.3 Å². The lowest BCUT2D eigenvalue weighted by molar-refractivity contribution is -0.122. The average Bonchev–Trinajstić information content (AvgIpc) is 3.68. The molecular weight excluding hydrogens is 508 g/mol. The minimum absolute atomic E-state index is 0.0585. The van der Waals surface area contributed by atoms with Crippen molar-refractivity contribution in [3.05, 3.63) is 30.1 Å². The molecule has 0 bridgehead atoms. The molecule has 40 heavy (non-hydrogen) atoms. The van der Waals surface area contributed by atoms with Gasteiger partial charge in [0.1, 0.15) is 11.6 Å². The summed E-state index contributed by atoms with van der Waals surface area (Å²) in [6.45, 7) is 6.44. The van der Waals surface area contributed by atoms with E-state index in [0.717, 1.165) is 108 Å². The lowest BCUT2D eigenvalue weighted by atomic mass is 9.99. The molecule has 2 amide bonds. The van der Waals surface area contributed by atoms with Crippen LogP contribution in [-0.2, 0) is 20.7 Å². The third kappa shape index (κ3) is 6.05. The summed E-state index contributed by atoms with van der Waals surface area (Å²) < 4.78 is 5.51. The van der Waals surface area contributed by atoms with E-state index < -0.39 is 0 Å². The topological polar surface area (TPSA) is 116 Å². The summed E-state index contributed by atoms with van der Waals surface area (Å²) in [7, 11) is 0. The summed E-state index contributed by atoms with van der Waals surface area (Å²) in [6, 6.07) is 4.81. The monoisotopic (exact) mass is 548 g/mol. The standard InChI is InChI=1S/C29H40N8O3/c38-20-37(25-3-1-2-4-25)27-22(17-21-7-10-30-28(21)39)18-32-29(34-27)33-23-5-6-26(31-19-23)36-11-8-24(9-12-36)35-13-15-40-16-14-35/h5-6,18-21,24-25H,1-4,7-17H2,(H,30,39)(H,32,33,34)/t21-/m0/s1. The maximum Gasteiger partial charge on any atom is 0.229 e. The van der Waals surface area contributed by atoms with E-state index in [0.29, 0.717) is 30.8 Å². The smallest absolute Gasteiger partial charge is 0.229 e. The van der Waals surface area contributed by atoms with Crippen LogP contribution in [0, 0.1) is 5.92 Å². The van der Waals surface area contributed by atoms with Crippen LogP contribution < -0.4 is 20.4 Å². The highest BCUT2D eigenvalue weighted by Gasteiger charge is 2.30. The minimum Gasteiger partial charge on any atom is -0.379 e. The van der Waals surface area contributed by atoms with Crippen molar-refractivity contribution >= 4 is 35.6 Å². The van der Waals surface area contributed by atoms with Gasteiger partial charge in [0.05, 0.1) is 25.1 Å². The van der Waals surface area contributed by atoms with Crippen molar-refractivity contribution in [2.24, 2.45) is 5.92 Å². The van der Waals surface area contributed by atoms with E-state index in [1.807, 2.05) is 18.3 Å². The van der Waals surface area contributed by atoms with Crippen LogP contribution in [0.4, 0.5) is 23.3 Å². The van der Waals surface area contributed by atoms with Gasteiger partial charge in [0, 0.05) is 62.5 Å². The van der Waals surface area contributed by atoms with E-state index in [1.54, 1.807) is 11.1 Å². The predicted molar refractivity (Wildman–Crippen MR) is 153 cm³/mol. The van der Waals surface area contributed by atoms with Crippen LogP contribution in [0.15, 0.2) is 24.5 Å². The van der Waals surface area contributed by atoms with Gasteiger partial charge in [0.25, 0.3) is 0 Å². The number of hydrogen-bond acceptors (Lipinski definition) is 9. The number of morpholine rings is 1. The Kier molecular flexibility index (Phi) is 8.38. The molecule has 4 fully saturated rings. The fourth-order valence-corrected chi connectivity index (χ4v) is 6.60. The Morgan fingerprint density at radius 3 is 2.50 bits per heavy atom. The second kappa shape index (κ2) is 12.5. The van der Waals surface area contributed by atoms with E-state index >= 15 is 0 Å². The van der Waals surface area contributed by atoms with Crippen LogP contribution >= 0.6 is 0 Å². The highest BCUT2D eigenvalue weighted by atomic mass is 16.5. The molecule has 214 valence electrons. The van der Waals surface area contributed by atoms with Crippen molar-refractivity contribution in [3.8, 4) is 0 Å². The molecule has 4 aliphatic rings. The van der Waals surface area contributed by atoms with Crippen LogP contribution in [0.25, 0.3) is 0 Å². The number of pyridine rings is 1. The minimum atomic E-state index is -0.117. The number of piperidine rings is 1. The number of aromatic nitrogens is 3. The summed E-state index contributed by atoms with van der Waals surface area (Å²) in [5.74, 6) is 1.94. The molecule has 2 aromatic rings. The van der Waals surface area contributed by atoms with Gasteiger partial charge >= 0.3 is 0 Å². The molecule has 0 spiro atoms. The molecule has 1 atom stereocenters. The van der Waals surface area contributed by atoms with Gasteiger partial charge in [-0.15, -0.1) is 0 Å². The maximum absolute atomic E-state index is 12.3. The van der Waals surface area contributed by atoms with Gasteiger partial charge in [-0.3, -0.25) is 19.4 Å². The van der Waals surface area contributed by atoms with E-state index in [4.69, 9.17) is 14.7 Å². The first-order chi connectivity index (χ1) is 19.7. The largest absolute Gasteiger partial charge is 0.379 e. The molecule has 11 nitrogen and oxygen atoms in total. The van der Waals surface area contributed by atoms with Crippen molar-refractivity contribution in [1.82, 2.24) is 25.2 Å². The number of anilines is 4. The SMILES string of the molecule is O=CN(c1nc(Nc2ccc(N3CCC(N4CCOCC4)CC3)nc2)ncc1C[C@@H]1CCNC1=O)C1CCCC1. The van der Waals surface area contributed by atoms with Crippen molar-refractivity contribution in [2.75, 3.05) is 61.1 Å². The first-order valence-electron chi connectivity index (χ1n) is 14.8. The number of rotatable bonds is 9. The van der Waals surface area contributed by atoms with Gasteiger partial charge in [0.2, 0.25) is 18.3 Å². The highest BCUT2D eigenvalue weighted by Crippen LogP contribution is 2.31. The molecule has 1 aliphatic carbocycles. The van der Waals surface area contributed by atoms with Crippen molar-refractivity contribution in [2.45, 2.75) is 63.5 Å². The van der Waals surface area contributed by atoms with Crippen molar-refractivity contribution < 1.29 is 14.3 Å². The fourth-order valence-electron chi connectivity index (χ4n) is 6.60. The quantitative estimate of drug-likeness (QED) is 0.456. The number of nitrogens with one attached hydrogen (secondary N) is 2. The summed E-state index contributed by atoms with van der Waals surface area (Å²) in [5.41, 5.74) is 1.62. The van der Waals surface area contributed by atoms with Gasteiger partial charge in [0.15, 0.2) is 0 Å².